The van der Waals surface area contributed by atoms with E-state index in [0.29, 0.717) is 19.3 Å². The summed E-state index contributed by atoms with van der Waals surface area (Å²) in [6, 6.07) is 0. The molecule has 0 saturated heterocycles. The summed E-state index contributed by atoms with van der Waals surface area (Å²) in [6.45, 7) is 6.34. The van der Waals surface area contributed by atoms with Crippen LogP contribution in [0.25, 0.3) is 0 Å². The van der Waals surface area contributed by atoms with Crippen LogP contribution in [0, 0.1) is 0 Å². The van der Waals surface area contributed by atoms with Crippen LogP contribution >= 0.6 is 0 Å². The molecule has 0 spiro atoms. The molecule has 0 N–H and O–H groups in total. The Morgan fingerprint density at radius 1 is 0.440 bits per heavy atom. The van der Waals surface area contributed by atoms with Gasteiger partial charge in [-0.15, -0.1) is 0 Å². The Kier molecular flexibility index (Phi) is 36.7. The fourth-order valence-electron chi connectivity index (χ4n) is 5.16. The second-order valence-electron chi connectivity index (χ2n) is 13.2. The predicted octanol–water partition coefficient (Wildman–Crippen LogP) is 12.6. The van der Waals surface area contributed by atoms with Crippen LogP contribution in [0.4, 0.5) is 0 Å². The molecule has 1 unspecified atom stereocenters. The van der Waals surface area contributed by atoms with Crippen molar-refractivity contribution in [3.8, 4) is 0 Å². The number of hydrogen-bond donors (Lipinski definition) is 0. The van der Waals surface area contributed by atoms with Gasteiger partial charge in [0.25, 0.3) is 0 Å². The molecular formula is C44H74O6. The maximum Gasteiger partial charge on any atom is 0.306 e. The summed E-state index contributed by atoms with van der Waals surface area (Å²) in [7, 11) is 0. The van der Waals surface area contributed by atoms with Gasteiger partial charge in [-0.1, -0.05) is 139 Å². The lowest BCUT2D eigenvalue weighted by Gasteiger charge is -2.18. The Morgan fingerprint density at radius 2 is 0.880 bits per heavy atom. The van der Waals surface area contributed by atoms with Gasteiger partial charge in [0.2, 0.25) is 0 Å². The van der Waals surface area contributed by atoms with E-state index in [1.165, 1.54) is 38.5 Å². The Balaban J connectivity index is 4.48. The highest BCUT2D eigenvalue weighted by molar-refractivity contribution is 5.71. The summed E-state index contributed by atoms with van der Waals surface area (Å²) in [6.07, 6.45) is 45.0. The lowest BCUT2D eigenvalue weighted by atomic mass is 10.1. The number of ether oxygens (including phenoxy) is 3. The van der Waals surface area contributed by atoms with Crippen LogP contribution in [0.3, 0.4) is 0 Å². The van der Waals surface area contributed by atoms with Crippen LogP contribution in [0.1, 0.15) is 181 Å². The van der Waals surface area contributed by atoms with Crippen LogP contribution in [-0.2, 0) is 28.6 Å². The number of allylic oxidation sites excluding steroid dienone is 10. The molecule has 0 fully saturated rings. The minimum absolute atomic E-state index is 0.102. The second-order valence-corrected chi connectivity index (χ2v) is 13.2. The fourth-order valence-corrected chi connectivity index (χ4v) is 5.16. The number of carbonyl (C=O) groups is 3. The van der Waals surface area contributed by atoms with Gasteiger partial charge in [0.05, 0.1) is 0 Å². The monoisotopic (exact) mass is 699 g/mol. The molecule has 1 atom stereocenters. The first kappa shape index (κ1) is 47.1. The Hall–Kier alpha value is -2.89. The zero-order chi connectivity index (χ0) is 36.6. The molecule has 0 aliphatic carbocycles. The molecule has 0 amide bonds. The van der Waals surface area contributed by atoms with E-state index in [0.717, 1.165) is 96.3 Å². The zero-order valence-electron chi connectivity index (χ0n) is 32.4. The molecule has 0 aromatic carbocycles. The minimum Gasteiger partial charge on any atom is -0.462 e. The third-order valence-electron chi connectivity index (χ3n) is 8.25. The first-order valence-electron chi connectivity index (χ1n) is 20.3. The van der Waals surface area contributed by atoms with Gasteiger partial charge in [0, 0.05) is 19.3 Å². The molecule has 286 valence electrons. The zero-order valence-corrected chi connectivity index (χ0v) is 32.4. The minimum atomic E-state index is -0.800. The van der Waals surface area contributed by atoms with Gasteiger partial charge < -0.3 is 14.2 Å². The average Bonchev–Trinajstić information content (AvgIpc) is 3.11. The van der Waals surface area contributed by atoms with Gasteiger partial charge >= 0.3 is 17.9 Å². The number of esters is 3. The second kappa shape index (κ2) is 38.9. The number of unbranched alkanes of at least 4 members (excludes halogenated alkanes) is 15. The van der Waals surface area contributed by atoms with Crippen molar-refractivity contribution < 1.29 is 28.6 Å². The SMILES string of the molecule is CC/C=C\C/C=C\CCCCCCCC(=O)OCC(COC(=O)CCC/C=C\CCCCCC)OC(=O)CCCCC/C=C\C=C/CCCC. The van der Waals surface area contributed by atoms with E-state index < -0.39 is 6.10 Å². The van der Waals surface area contributed by atoms with Gasteiger partial charge in [0.1, 0.15) is 13.2 Å². The first-order chi connectivity index (χ1) is 24.5. The van der Waals surface area contributed by atoms with Gasteiger partial charge in [-0.2, -0.15) is 0 Å². The lowest BCUT2D eigenvalue weighted by molar-refractivity contribution is -0.167. The molecule has 0 aromatic rings. The van der Waals surface area contributed by atoms with Crippen LogP contribution in [0.15, 0.2) is 60.8 Å². The molecule has 0 aliphatic rings. The van der Waals surface area contributed by atoms with E-state index in [-0.39, 0.29) is 37.5 Å². The highest BCUT2D eigenvalue weighted by Crippen LogP contribution is 2.11. The van der Waals surface area contributed by atoms with Crippen LogP contribution in [0.5, 0.6) is 0 Å². The molecule has 0 aliphatic heterocycles. The summed E-state index contributed by atoms with van der Waals surface area (Å²) >= 11 is 0. The van der Waals surface area contributed by atoms with Crippen molar-refractivity contribution in [2.45, 2.75) is 187 Å². The number of carbonyl (C=O) groups excluding carboxylic acids is 3. The van der Waals surface area contributed by atoms with Gasteiger partial charge in [-0.25, -0.2) is 0 Å². The van der Waals surface area contributed by atoms with Crippen molar-refractivity contribution in [2.75, 3.05) is 13.2 Å². The molecule has 0 heterocycles. The quantitative estimate of drug-likeness (QED) is 0.0215. The van der Waals surface area contributed by atoms with E-state index in [9.17, 15) is 14.4 Å². The Labute approximate surface area is 307 Å². The number of hydrogen-bond acceptors (Lipinski definition) is 6. The molecule has 0 saturated carbocycles. The summed E-state index contributed by atoms with van der Waals surface area (Å²) in [5, 5.41) is 0. The van der Waals surface area contributed by atoms with Crippen molar-refractivity contribution in [2.24, 2.45) is 0 Å². The normalized spacial score (nSPS) is 12.6. The maximum atomic E-state index is 12.6. The first-order valence-corrected chi connectivity index (χ1v) is 20.3. The molecule has 0 radical (unpaired) electrons. The van der Waals surface area contributed by atoms with Crippen LogP contribution in [0.2, 0.25) is 0 Å². The van der Waals surface area contributed by atoms with Crippen molar-refractivity contribution in [3.05, 3.63) is 60.8 Å². The summed E-state index contributed by atoms with van der Waals surface area (Å²) in [5.41, 5.74) is 0. The van der Waals surface area contributed by atoms with E-state index in [1.807, 2.05) is 0 Å². The van der Waals surface area contributed by atoms with Gasteiger partial charge in [0.15, 0.2) is 6.10 Å². The molecule has 0 rings (SSSR count). The topological polar surface area (TPSA) is 78.9 Å². The van der Waals surface area contributed by atoms with Crippen molar-refractivity contribution >= 4 is 17.9 Å². The molecule has 50 heavy (non-hydrogen) atoms. The Bertz CT molecular complexity index is 944. The smallest absolute Gasteiger partial charge is 0.306 e. The predicted molar refractivity (Wildman–Crippen MR) is 210 cm³/mol. The van der Waals surface area contributed by atoms with Crippen molar-refractivity contribution in [1.29, 1.82) is 0 Å². The largest absolute Gasteiger partial charge is 0.462 e. The third-order valence-corrected chi connectivity index (χ3v) is 8.25. The van der Waals surface area contributed by atoms with Crippen LogP contribution < -0.4 is 0 Å². The Morgan fingerprint density at radius 3 is 1.50 bits per heavy atom. The van der Waals surface area contributed by atoms with E-state index in [4.69, 9.17) is 14.2 Å². The van der Waals surface area contributed by atoms with E-state index in [1.54, 1.807) is 0 Å². The van der Waals surface area contributed by atoms with Gasteiger partial charge in [-0.3, -0.25) is 14.4 Å². The summed E-state index contributed by atoms with van der Waals surface area (Å²) in [5.74, 6) is -0.992. The molecule has 0 bridgehead atoms. The fraction of sp³-hybridized carbons (Fsp3) is 0.705. The lowest BCUT2D eigenvalue weighted by Crippen LogP contribution is -2.30. The standard InChI is InChI=1S/C44H74O6/c1-4-7-10-13-16-19-21-23-25-28-31-34-37-43(46)49-40-41(39-48-42(45)36-33-30-27-24-18-15-12-9-6-3)50-44(47)38-35-32-29-26-22-20-17-14-11-8-5-2/h7,10,14,16-17,19-20,22,24,27,41H,4-6,8-9,11-13,15,18,21,23,25-26,28-40H2,1-3H3/b10-7-,17-14-,19-16-,22-20-,27-24-. The van der Waals surface area contributed by atoms with Crippen molar-refractivity contribution in [3.63, 3.8) is 0 Å². The average molecular weight is 699 g/mol. The highest BCUT2D eigenvalue weighted by Gasteiger charge is 2.19. The highest BCUT2D eigenvalue weighted by atomic mass is 16.6. The molecular weight excluding hydrogens is 624 g/mol. The molecule has 6 heteroatoms. The number of rotatable bonds is 35. The molecule has 0 aromatic heterocycles. The third kappa shape index (κ3) is 36.4. The summed E-state index contributed by atoms with van der Waals surface area (Å²) < 4.78 is 16.5. The van der Waals surface area contributed by atoms with Crippen LogP contribution in [-0.4, -0.2) is 37.2 Å². The van der Waals surface area contributed by atoms with Crippen molar-refractivity contribution in [1.82, 2.24) is 0 Å². The van der Waals surface area contributed by atoms with E-state index >= 15 is 0 Å². The van der Waals surface area contributed by atoms with E-state index in [2.05, 4.69) is 81.5 Å². The summed E-state index contributed by atoms with van der Waals surface area (Å²) in [4.78, 5) is 37.4. The maximum absolute atomic E-state index is 12.6. The van der Waals surface area contributed by atoms with Gasteiger partial charge in [-0.05, 0) is 83.5 Å². The molecule has 6 nitrogen and oxygen atoms in total.